The van der Waals surface area contributed by atoms with Gasteiger partial charge in [-0.2, -0.15) is 0 Å². The predicted molar refractivity (Wildman–Crippen MR) is 227 cm³/mol. The van der Waals surface area contributed by atoms with Crippen LogP contribution in [0.1, 0.15) is 0 Å². The largest absolute Gasteiger partial charge is 0.455 e. The molecule has 8 aromatic carbocycles. The Morgan fingerprint density at radius 3 is 1.43 bits per heavy atom. The second kappa shape index (κ2) is 13.0. The quantitative estimate of drug-likeness (QED) is 0.171. The van der Waals surface area contributed by atoms with E-state index in [2.05, 4.69) is 103 Å². The van der Waals surface area contributed by atoms with Gasteiger partial charge in [-0.05, 0) is 52.6 Å². The van der Waals surface area contributed by atoms with Crippen LogP contribution in [0.2, 0.25) is 0 Å². The molecule has 0 N–H and O–H groups in total. The molecule has 11 aromatic rings. The van der Waals surface area contributed by atoms with Crippen molar-refractivity contribution in [1.82, 2.24) is 15.0 Å². The molecule has 56 heavy (non-hydrogen) atoms. The molecule has 0 atom stereocenters. The Bertz CT molecular complexity index is 3170. The van der Waals surface area contributed by atoms with Gasteiger partial charge in [0.25, 0.3) is 0 Å². The summed E-state index contributed by atoms with van der Waals surface area (Å²) in [5.74, 6) is 1.81. The van der Waals surface area contributed by atoms with Crippen molar-refractivity contribution in [1.29, 1.82) is 0 Å². The van der Waals surface area contributed by atoms with Gasteiger partial charge in [-0.1, -0.05) is 158 Å². The molecule has 0 aliphatic heterocycles. The fraction of sp³-hybridized carbons (Fsp3) is 0. The van der Waals surface area contributed by atoms with Gasteiger partial charge in [0.15, 0.2) is 17.5 Å². The molecule has 5 heteroatoms. The molecule has 0 bridgehead atoms. The molecule has 5 nitrogen and oxygen atoms in total. The first-order valence-electron chi connectivity index (χ1n) is 18.7. The van der Waals surface area contributed by atoms with Crippen LogP contribution in [0.25, 0.3) is 111 Å². The normalized spacial score (nSPS) is 11.6. The zero-order chi connectivity index (χ0) is 37.0. The van der Waals surface area contributed by atoms with Crippen molar-refractivity contribution in [3.05, 3.63) is 188 Å². The first-order chi connectivity index (χ1) is 27.7. The maximum atomic E-state index is 6.85. The molecule has 0 unspecified atom stereocenters. The fourth-order valence-corrected chi connectivity index (χ4v) is 7.77. The third-order valence-corrected chi connectivity index (χ3v) is 10.6. The number of benzene rings is 8. The highest BCUT2D eigenvalue weighted by atomic mass is 16.3. The van der Waals surface area contributed by atoms with Gasteiger partial charge < -0.3 is 8.83 Å². The van der Waals surface area contributed by atoms with Gasteiger partial charge in [0, 0.05) is 49.4 Å². The van der Waals surface area contributed by atoms with Crippen LogP contribution in [0, 0.1) is 0 Å². The Labute approximate surface area is 322 Å². The first-order valence-corrected chi connectivity index (χ1v) is 18.7. The maximum Gasteiger partial charge on any atom is 0.164 e. The summed E-state index contributed by atoms with van der Waals surface area (Å²) in [6, 6.07) is 64.6. The number of rotatable bonds is 6. The lowest BCUT2D eigenvalue weighted by atomic mass is 9.94. The van der Waals surface area contributed by atoms with E-state index in [0.717, 1.165) is 82.8 Å². The minimum absolute atomic E-state index is 0.579. The minimum Gasteiger partial charge on any atom is -0.455 e. The van der Waals surface area contributed by atoms with Crippen molar-refractivity contribution >= 4 is 43.9 Å². The standard InChI is InChI=1S/C51H31N3O2/c1-4-13-32(14-5-1)33-23-25-34(26-24-33)38-29-43-39-19-10-11-22-45(39)55-48(43)44(30-38)42-21-12-20-41-40-28-27-37(31-46(40)56-47(41)42)51-53-49(35-15-6-2-7-16-35)52-50(54-51)36-17-8-3-9-18-36/h1-31H. The monoisotopic (exact) mass is 717 g/mol. The van der Waals surface area contributed by atoms with Gasteiger partial charge in [0.2, 0.25) is 0 Å². The summed E-state index contributed by atoms with van der Waals surface area (Å²) in [6.07, 6.45) is 0. The van der Waals surface area contributed by atoms with Crippen LogP contribution in [0.15, 0.2) is 197 Å². The number of para-hydroxylation sites is 2. The summed E-state index contributed by atoms with van der Waals surface area (Å²) in [5.41, 5.74) is 12.5. The third kappa shape index (κ3) is 5.45. The van der Waals surface area contributed by atoms with E-state index in [9.17, 15) is 0 Å². The zero-order valence-electron chi connectivity index (χ0n) is 30.1. The van der Waals surface area contributed by atoms with Gasteiger partial charge in [-0.25, -0.2) is 15.0 Å². The number of nitrogens with zero attached hydrogens (tertiary/aromatic N) is 3. The summed E-state index contributed by atoms with van der Waals surface area (Å²) in [6.45, 7) is 0. The number of hydrogen-bond acceptors (Lipinski definition) is 5. The lowest BCUT2D eigenvalue weighted by Crippen LogP contribution is -2.00. The van der Waals surface area contributed by atoms with E-state index < -0.39 is 0 Å². The van der Waals surface area contributed by atoms with Crippen molar-refractivity contribution in [3.63, 3.8) is 0 Å². The molecule has 262 valence electrons. The zero-order valence-corrected chi connectivity index (χ0v) is 30.1. The van der Waals surface area contributed by atoms with Crippen LogP contribution in [0.5, 0.6) is 0 Å². The Hall–Kier alpha value is -7.63. The molecule has 0 radical (unpaired) electrons. The van der Waals surface area contributed by atoms with E-state index >= 15 is 0 Å². The fourth-order valence-electron chi connectivity index (χ4n) is 7.77. The molecule has 0 fully saturated rings. The van der Waals surface area contributed by atoms with Crippen molar-refractivity contribution in [3.8, 4) is 67.5 Å². The Morgan fingerprint density at radius 1 is 0.268 bits per heavy atom. The molecular weight excluding hydrogens is 687 g/mol. The van der Waals surface area contributed by atoms with Gasteiger partial charge >= 0.3 is 0 Å². The molecule has 0 saturated heterocycles. The van der Waals surface area contributed by atoms with Crippen LogP contribution in [-0.4, -0.2) is 15.0 Å². The third-order valence-electron chi connectivity index (χ3n) is 10.6. The van der Waals surface area contributed by atoms with E-state index in [-0.39, 0.29) is 0 Å². The average Bonchev–Trinajstić information content (AvgIpc) is 3.85. The molecule has 0 aliphatic carbocycles. The lowest BCUT2D eigenvalue weighted by molar-refractivity contribution is 0.665. The van der Waals surface area contributed by atoms with Crippen molar-refractivity contribution in [2.75, 3.05) is 0 Å². The Morgan fingerprint density at radius 2 is 0.750 bits per heavy atom. The first kappa shape index (κ1) is 31.9. The summed E-state index contributed by atoms with van der Waals surface area (Å²) in [7, 11) is 0. The smallest absolute Gasteiger partial charge is 0.164 e. The topological polar surface area (TPSA) is 65.0 Å². The highest BCUT2D eigenvalue weighted by Gasteiger charge is 2.20. The maximum absolute atomic E-state index is 6.85. The van der Waals surface area contributed by atoms with Crippen LogP contribution in [0.3, 0.4) is 0 Å². The van der Waals surface area contributed by atoms with E-state index in [4.69, 9.17) is 23.8 Å². The Balaban J connectivity index is 1.07. The summed E-state index contributed by atoms with van der Waals surface area (Å²) in [4.78, 5) is 14.8. The Kier molecular flexibility index (Phi) is 7.42. The van der Waals surface area contributed by atoms with Crippen molar-refractivity contribution in [2.24, 2.45) is 0 Å². The average molecular weight is 718 g/mol. The summed E-state index contributed by atoms with van der Waals surface area (Å²) in [5, 5.41) is 4.18. The van der Waals surface area contributed by atoms with Crippen molar-refractivity contribution in [2.45, 2.75) is 0 Å². The predicted octanol–water partition coefficient (Wildman–Crippen LogP) is 13.7. The number of furan rings is 2. The highest BCUT2D eigenvalue weighted by molar-refractivity contribution is 6.16. The van der Waals surface area contributed by atoms with Crippen molar-refractivity contribution < 1.29 is 8.83 Å². The second-order valence-electron chi connectivity index (χ2n) is 14.0. The molecule has 0 spiro atoms. The number of hydrogen-bond donors (Lipinski definition) is 0. The van der Waals surface area contributed by atoms with Crippen LogP contribution >= 0.6 is 0 Å². The van der Waals surface area contributed by atoms with Gasteiger partial charge in [-0.15, -0.1) is 0 Å². The number of aromatic nitrogens is 3. The summed E-state index contributed by atoms with van der Waals surface area (Å²) < 4.78 is 13.5. The molecule has 3 heterocycles. The highest BCUT2D eigenvalue weighted by Crippen LogP contribution is 2.44. The summed E-state index contributed by atoms with van der Waals surface area (Å²) >= 11 is 0. The van der Waals surface area contributed by atoms with E-state index in [1.165, 1.54) is 11.1 Å². The lowest BCUT2D eigenvalue weighted by Gasteiger charge is -2.10. The van der Waals surface area contributed by atoms with Gasteiger partial charge in [0.05, 0.1) is 0 Å². The van der Waals surface area contributed by atoms with Gasteiger partial charge in [0.1, 0.15) is 22.3 Å². The van der Waals surface area contributed by atoms with Crippen LogP contribution in [0.4, 0.5) is 0 Å². The second-order valence-corrected chi connectivity index (χ2v) is 14.0. The minimum atomic E-state index is 0.579. The van der Waals surface area contributed by atoms with E-state index in [1.54, 1.807) is 0 Å². The van der Waals surface area contributed by atoms with Crippen LogP contribution in [-0.2, 0) is 0 Å². The van der Waals surface area contributed by atoms with Gasteiger partial charge in [-0.3, -0.25) is 0 Å². The molecular formula is C51H31N3O2. The van der Waals surface area contributed by atoms with E-state index in [1.807, 2.05) is 84.9 Å². The molecule has 11 rings (SSSR count). The number of fused-ring (bicyclic) bond motifs is 6. The molecule has 0 amide bonds. The SMILES string of the molecule is c1ccc(-c2ccc(-c3cc(-c4cccc5c4oc4cc(-c6nc(-c7ccccc7)nc(-c7ccccc7)n6)ccc45)c4oc5ccccc5c4c3)cc2)cc1. The molecule has 3 aromatic heterocycles. The molecule has 0 aliphatic rings. The van der Waals surface area contributed by atoms with E-state index in [0.29, 0.717) is 17.5 Å². The molecule has 0 saturated carbocycles. The van der Waals surface area contributed by atoms with Crippen LogP contribution < -0.4 is 0 Å².